The van der Waals surface area contributed by atoms with Crippen LogP contribution in [0.4, 0.5) is 5.69 Å². The first-order chi connectivity index (χ1) is 8.08. The number of thiophene rings is 1. The van der Waals surface area contributed by atoms with Crippen molar-refractivity contribution < 1.29 is 4.79 Å². The minimum atomic E-state index is 0.113. The van der Waals surface area contributed by atoms with Crippen molar-refractivity contribution in [1.29, 1.82) is 0 Å². The zero-order valence-electron chi connectivity index (χ0n) is 10.5. The molecule has 1 amide bonds. The maximum absolute atomic E-state index is 12.2. The van der Waals surface area contributed by atoms with E-state index in [4.69, 9.17) is 5.73 Å². The molecule has 0 aromatic carbocycles. The molecule has 94 valence electrons. The minimum absolute atomic E-state index is 0.113. The summed E-state index contributed by atoms with van der Waals surface area (Å²) in [5.41, 5.74) is 6.51. The van der Waals surface area contributed by atoms with Crippen LogP contribution in [0.15, 0.2) is 6.07 Å². The van der Waals surface area contributed by atoms with Gasteiger partial charge in [0.25, 0.3) is 5.91 Å². The van der Waals surface area contributed by atoms with Crippen molar-refractivity contribution in [3.63, 3.8) is 0 Å². The molecule has 1 aromatic rings. The Balaban J connectivity index is 1.98. The Morgan fingerprint density at radius 1 is 1.53 bits per heavy atom. The highest BCUT2D eigenvalue weighted by Crippen LogP contribution is 2.27. The Labute approximate surface area is 107 Å². The summed E-state index contributed by atoms with van der Waals surface area (Å²) in [5.74, 6) is 0.809. The van der Waals surface area contributed by atoms with Crippen LogP contribution in [0.3, 0.4) is 0 Å². The Hall–Kier alpha value is -1.03. The van der Waals surface area contributed by atoms with E-state index in [9.17, 15) is 4.79 Å². The quantitative estimate of drug-likeness (QED) is 0.899. The zero-order chi connectivity index (χ0) is 12.4. The largest absolute Gasteiger partial charge is 0.398 e. The van der Waals surface area contributed by atoms with Crippen LogP contribution in [0.2, 0.25) is 0 Å². The van der Waals surface area contributed by atoms with E-state index in [0.717, 1.165) is 22.0 Å². The molecule has 0 radical (unpaired) electrons. The molecular weight excluding hydrogens is 232 g/mol. The molecule has 2 rings (SSSR count). The van der Waals surface area contributed by atoms with Crippen LogP contribution in [-0.4, -0.2) is 24.4 Å². The van der Waals surface area contributed by atoms with Crippen LogP contribution in [0.5, 0.6) is 0 Å². The number of nitrogen functional groups attached to an aromatic ring is 1. The lowest BCUT2D eigenvalue weighted by Gasteiger charge is -2.20. The van der Waals surface area contributed by atoms with Gasteiger partial charge in [0.15, 0.2) is 0 Å². The summed E-state index contributed by atoms with van der Waals surface area (Å²) in [5, 5.41) is 0. The second-order valence-electron chi connectivity index (χ2n) is 4.96. The standard InChI is InChI=1S/C13H20N2OS/c1-9-11(14)7-12(17-9)13(16)15(2)8-10-5-3-4-6-10/h7,10H,3-6,8,14H2,1-2H3. The molecule has 0 unspecified atom stereocenters. The Morgan fingerprint density at radius 2 is 2.18 bits per heavy atom. The second-order valence-corrected chi connectivity index (χ2v) is 6.21. The molecule has 17 heavy (non-hydrogen) atoms. The average molecular weight is 252 g/mol. The summed E-state index contributed by atoms with van der Waals surface area (Å²) >= 11 is 1.49. The number of carbonyl (C=O) groups excluding carboxylic acids is 1. The highest BCUT2D eigenvalue weighted by atomic mass is 32.1. The van der Waals surface area contributed by atoms with E-state index in [2.05, 4.69) is 0 Å². The lowest BCUT2D eigenvalue weighted by atomic mass is 10.1. The Morgan fingerprint density at radius 3 is 2.71 bits per heavy atom. The summed E-state index contributed by atoms with van der Waals surface area (Å²) in [6.45, 7) is 2.84. The SMILES string of the molecule is Cc1sc(C(=O)N(C)CC2CCCC2)cc1N. The molecule has 0 saturated heterocycles. The number of hydrogen-bond acceptors (Lipinski definition) is 3. The molecular formula is C13H20N2OS. The van der Waals surface area contributed by atoms with Crippen LogP contribution in [-0.2, 0) is 0 Å². The van der Waals surface area contributed by atoms with Crippen molar-refractivity contribution in [2.24, 2.45) is 5.92 Å². The van der Waals surface area contributed by atoms with Gasteiger partial charge in [0.1, 0.15) is 0 Å². The third kappa shape index (κ3) is 2.80. The highest BCUT2D eigenvalue weighted by Gasteiger charge is 2.21. The Kier molecular flexibility index (Phi) is 3.72. The molecule has 1 aromatic heterocycles. The lowest BCUT2D eigenvalue weighted by Crippen LogP contribution is -2.30. The third-order valence-corrected chi connectivity index (χ3v) is 4.57. The smallest absolute Gasteiger partial charge is 0.263 e. The molecule has 4 heteroatoms. The molecule has 0 bridgehead atoms. The molecule has 0 atom stereocenters. The number of aryl methyl sites for hydroxylation is 1. The predicted octanol–water partition coefficient (Wildman–Crippen LogP) is 2.90. The van der Waals surface area contributed by atoms with Gasteiger partial charge in [0, 0.05) is 24.2 Å². The summed E-state index contributed by atoms with van der Waals surface area (Å²) in [6.07, 6.45) is 5.17. The van der Waals surface area contributed by atoms with E-state index in [0.29, 0.717) is 5.92 Å². The number of anilines is 1. The van der Waals surface area contributed by atoms with Gasteiger partial charge in [0.05, 0.1) is 4.88 Å². The van der Waals surface area contributed by atoms with E-state index in [-0.39, 0.29) is 5.91 Å². The van der Waals surface area contributed by atoms with Gasteiger partial charge in [-0.15, -0.1) is 11.3 Å². The summed E-state index contributed by atoms with van der Waals surface area (Å²) in [4.78, 5) is 15.8. The fraction of sp³-hybridized carbons (Fsp3) is 0.615. The van der Waals surface area contributed by atoms with Gasteiger partial charge in [-0.2, -0.15) is 0 Å². The number of nitrogens with two attached hydrogens (primary N) is 1. The maximum Gasteiger partial charge on any atom is 0.263 e. The van der Waals surface area contributed by atoms with E-state index < -0.39 is 0 Å². The molecule has 1 fully saturated rings. The number of amides is 1. The second kappa shape index (κ2) is 5.08. The number of carbonyl (C=O) groups is 1. The first kappa shape index (κ1) is 12.4. The number of hydrogen-bond donors (Lipinski definition) is 1. The molecule has 1 aliphatic rings. The summed E-state index contributed by atoms with van der Waals surface area (Å²) in [6, 6.07) is 1.80. The first-order valence-corrected chi connectivity index (χ1v) is 7.01. The third-order valence-electron chi connectivity index (χ3n) is 3.52. The van der Waals surface area contributed by atoms with Gasteiger partial charge < -0.3 is 10.6 Å². The van der Waals surface area contributed by atoms with E-state index in [1.165, 1.54) is 37.0 Å². The van der Waals surface area contributed by atoms with Crippen molar-refractivity contribution in [3.8, 4) is 0 Å². The van der Waals surface area contributed by atoms with Crippen molar-refractivity contribution in [1.82, 2.24) is 4.90 Å². The number of rotatable bonds is 3. The van der Waals surface area contributed by atoms with Gasteiger partial charge in [-0.1, -0.05) is 12.8 Å². The van der Waals surface area contributed by atoms with Crippen LogP contribution in [0.1, 0.15) is 40.2 Å². The normalized spacial score (nSPS) is 16.4. The van der Waals surface area contributed by atoms with E-state index >= 15 is 0 Å². The average Bonchev–Trinajstić information content (AvgIpc) is 2.89. The van der Waals surface area contributed by atoms with Gasteiger partial charge in [0.2, 0.25) is 0 Å². The summed E-state index contributed by atoms with van der Waals surface area (Å²) in [7, 11) is 1.89. The van der Waals surface area contributed by atoms with Gasteiger partial charge >= 0.3 is 0 Å². The van der Waals surface area contributed by atoms with Crippen molar-refractivity contribution >= 4 is 22.9 Å². The highest BCUT2D eigenvalue weighted by molar-refractivity contribution is 7.14. The number of nitrogens with zero attached hydrogens (tertiary/aromatic N) is 1. The molecule has 0 aliphatic heterocycles. The van der Waals surface area contributed by atoms with Gasteiger partial charge in [-0.05, 0) is 31.7 Å². The van der Waals surface area contributed by atoms with Crippen LogP contribution in [0, 0.1) is 12.8 Å². The Bertz CT molecular complexity index is 388. The van der Waals surface area contributed by atoms with Crippen molar-refractivity contribution in [2.75, 3.05) is 19.3 Å². The molecule has 0 spiro atoms. The van der Waals surface area contributed by atoms with Crippen LogP contribution in [0.25, 0.3) is 0 Å². The molecule has 1 heterocycles. The zero-order valence-corrected chi connectivity index (χ0v) is 11.3. The fourth-order valence-electron chi connectivity index (χ4n) is 2.45. The van der Waals surface area contributed by atoms with E-state index in [1.54, 1.807) is 6.07 Å². The van der Waals surface area contributed by atoms with Crippen molar-refractivity contribution in [2.45, 2.75) is 32.6 Å². The monoisotopic (exact) mass is 252 g/mol. The topological polar surface area (TPSA) is 46.3 Å². The minimum Gasteiger partial charge on any atom is -0.398 e. The maximum atomic E-state index is 12.2. The fourth-order valence-corrected chi connectivity index (χ4v) is 3.39. The van der Waals surface area contributed by atoms with E-state index in [1.807, 2.05) is 18.9 Å². The van der Waals surface area contributed by atoms with Gasteiger partial charge in [-0.3, -0.25) is 4.79 Å². The van der Waals surface area contributed by atoms with Crippen LogP contribution >= 0.6 is 11.3 Å². The van der Waals surface area contributed by atoms with Crippen LogP contribution < -0.4 is 5.73 Å². The molecule has 1 aliphatic carbocycles. The molecule has 2 N–H and O–H groups in total. The molecule has 3 nitrogen and oxygen atoms in total. The first-order valence-electron chi connectivity index (χ1n) is 6.19. The van der Waals surface area contributed by atoms with Gasteiger partial charge in [-0.25, -0.2) is 0 Å². The summed E-state index contributed by atoms with van der Waals surface area (Å²) < 4.78 is 0. The molecule has 1 saturated carbocycles. The predicted molar refractivity (Wildman–Crippen MR) is 72.4 cm³/mol. The lowest BCUT2D eigenvalue weighted by molar-refractivity contribution is 0.0778. The van der Waals surface area contributed by atoms with Crippen molar-refractivity contribution in [3.05, 3.63) is 15.8 Å².